The van der Waals surface area contributed by atoms with E-state index in [1.807, 2.05) is 24.3 Å². The highest BCUT2D eigenvalue weighted by Gasteiger charge is 2.43. The summed E-state index contributed by atoms with van der Waals surface area (Å²) in [5.74, 6) is -0.609. The van der Waals surface area contributed by atoms with E-state index in [9.17, 15) is 0 Å². The molecule has 0 unspecified atom stereocenters. The maximum absolute atomic E-state index is 17.1. The summed E-state index contributed by atoms with van der Waals surface area (Å²) in [5, 5.41) is 6.41. The molecule has 12 aromatic carbocycles. The van der Waals surface area contributed by atoms with Crippen LogP contribution in [0.4, 0.5) is 42.9 Å². The van der Waals surface area contributed by atoms with Crippen LogP contribution in [0.3, 0.4) is 0 Å². The summed E-state index contributed by atoms with van der Waals surface area (Å²) >= 11 is 0. The highest BCUT2D eigenvalue weighted by Crippen LogP contribution is 2.61. The van der Waals surface area contributed by atoms with E-state index >= 15 is 8.78 Å². The lowest BCUT2D eigenvalue weighted by molar-refractivity contribution is 0.630. The van der Waals surface area contributed by atoms with Crippen molar-refractivity contribution in [2.75, 3.05) is 9.80 Å². The number of halogens is 2. The van der Waals surface area contributed by atoms with Crippen LogP contribution in [0.1, 0.15) is 61.1 Å². The minimum Gasteiger partial charge on any atom is -0.310 e. The molecule has 0 heterocycles. The number of hydrogen-bond donors (Lipinski definition) is 0. The Labute approximate surface area is 455 Å². The van der Waals surface area contributed by atoms with Crippen LogP contribution in [0, 0.1) is 25.5 Å². The molecule has 0 N–H and O–H groups in total. The summed E-state index contributed by atoms with van der Waals surface area (Å²) in [4.78, 5) is 4.73. The lowest BCUT2D eigenvalue weighted by Crippen LogP contribution is -2.17. The average Bonchev–Trinajstić information content (AvgIpc) is 4.07. The largest absolute Gasteiger partial charge is 0.310 e. The number of rotatable bonds is 8. The third-order valence-corrected chi connectivity index (χ3v) is 17.1. The quantitative estimate of drug-likeness (QED) is 0.150. The van der Waals surface area contributed by atoms with Crippen molar-refractivity contribution in [3.63, 3.8) is 0 Å². The van der Waals surface area contributed by atoms with Gasteiger partial charge in [-0.2, -0.15) is 0 Å². The molecule has 0 bridgehead atoms. The fraction of sp³-hybridized carbons (Fsp3) is 0.108. The highest BCUT2D eigenvalue weighted by atomic mass is 19.1. The van der Waals surface area contributed by atoms with E-state index in [2.05, 4.69) is 233 Å². The molecule has 0 spiro atoms. The van der Waals surface area contributed by atoms with Crippen molar-refractivity contribution in [3.05, 3.63) is 276 Å². The number of fused-ring (bicyclic) bond motifs is 9. The first-order valence-electron chi connectivity index (χ1n) is 27.0. The van der Waals surface area contributed by atoms with E-state index in [1.165, 1.54) is 11.1 Å². The van der Waals surface area contributed by atoms with Gasteiger partial charge in [-0.05, 0) is 165 Å². The van der Waals surface area contributed by atoms with Crippen molar-refractivity contribution >= 4 is 66.4 Å². The van der Waals surface area contributed by atoms with Gasteiger partial charge in [0.05, 0.1) is 11.4 Å². The first-order valence-corrected chi connectivity index (χ1v) is 27.0. The third kappa shape index (κ3) is 7.19. The summed E-state index contributed by atoms with van der Waals surface area (Å²) in [5.41, 5.74) is 18.8. The van der Waals surface area contributed by atoms with Gasteiger partial charge in [-0.1, -0.05) is 184 Å². The molecular weight excluding hydrogens is 955 g/mol. The van der Waals surface area contributed by atoms with Crippen LogP contribution in [-0.4, -0.2) is 0 Å². The van der Waals surface area contributed by atoms with Crippen molar-refractivity contribution in [3.8, 4) is 44.5 Å². The van der Waals surface area contributed by atoms with E-state index in [0.717, 1.165) is 122 Å². The van der Waals surface area contributed by atoms with Gasteiger partial charge < -0.3 is 9.80 Å². The van der Waals surface area contributed by atoms with Crippen molar-refractivity contribution in [2.24, 2.45) is 0 Å². The fourth-order valence-corrected chi connectivity index (χ4v) is 13.1. The summed E-state index contributed by atoms with van der Waals surface area (Å²) in [6, 6.07) is 80.2. The molecule has 14 rings (SSSR count). The predicted octanol–water partition coefficient (Wildman–Crippen LogP) is 20.9. The van der Waals surface area contributed by atoms with Crippen LogP contribution < -0.4 is 9.80 Å². The normalized spacial score (nSPS) is 13.6. The van der Waals surface area contributed by atoms with Crippen molar-refractivity contribution in [1.82, 2.24) is 0 Å². The standard InChI is InChI=1S/C74H56F2N2/c1-45-29-33-49(34-30-45)77(67-27-15-19-47-17-7-9-21-53(47)67)51-37-39-55-61(41-51)73(3,4)63-43-59-60(69(71(55)63)57-23-11-13-25-65(57)75)44-64-72(70(59)58-24-12-14-26-66(58)76)56-40-38-52(42-62(56)74(64,5)6)78(50-35-31-46(2)32-36-50)68-28-16-20-48-18-8-10-22-54(48)68/h7-44H,1-6H3. The molecule has 0 amide bonds. The Morgan fingerprint density at radius 2 is 0.654 bits per heavy atom. The van der Waals surface area contributed by atoms with Crippen LogP contribution in [-0.2, 0) is 10.8 Å². The van der Waals surface area contributed by atoms with E-state index in [1.54, 1.807) is 24.3 Å². The Hall–Kier alpha value is -9.12. The molecule has 2 aliphatic carbocycles. The van der Waals surface area contributed by atoms with E-state index < -0.39 is 10.8 Å². The van der Waals surface area contributed by atoms with E-state index in [4.69, 9.17) is 0 Å². The number of hydrogen-bond acceptors (Lipinski definition) is 2. The SMILES string of the molecule is Cc1ccc(N(c2ccc3c(c2)C(C)(C)c2cc4c(-c5ccccc5F)c5c(cc4c(-c4ccccc4F)c2-3)C(C)(C)c2cc(N(c3ccc(C)cc3)c3cccc4ccccc34)ccc2-5)c2cccc3ccccc23)cc1. The molecule has 0 saturated carbocycles. The first-order chi connectivity index (χ1) is 37.9. The Morgan fingerprint density at radius 1 is 0.295 bits per heavy atom. The lowest BCUT2D eigenvalue weighted by Gasteiger charge is -2.29. The van der Waals surface area contributed by atoms with Gasteiger partial charge in [-0.3, -0.25) is 0 Å². The molecule has 0 atom stereocenters. The van der Waals surface area contributed by atoms with Crippen molar-refractivity contribution < 1.29 is 8.78 Å². The molecule has 78 heavy (non-hydrogen) atoms. The van der Waals surface area contributed by atoms with Crippen LogP contribution in [0.2, 0.25) is 0 Å². The molecule has 0 radical (unpaired) electrons. The minimum atomic E-state index is -0.564. The molecule has 376 valence electrons. The summed E-state index contributed by atoms with van der Waals surface area (Å²) < 4.78 is 34.2. The number of nitrogens with zero attached hydrogens (tertiary/aromatic N) is 2. The van der Waals surface area contributed by atoms with Crippen molar-refractivity contribution in [2.45, 2.75) is 52.4 Å². The lowest BCUT2D eigenvalue weighted by atomic mass is 9.76. The molecule has 0 aliphatic heterocycles. The molecular formula is C74H56F2N2. The summed E-state index contributed by atoms with van der Waals surface area (Å²) in [7, 11) is 0. The van der Waals surface area contributed by atoms with Crippen LogP contribution in [0.5, 0.6) is 0 Å². The number of anilines is 6. The Balaban J connectivity index is 1.03. The maximum atomic E-state index is 17.1. The van der Waals surface area contributed by atoms with Gasteiger partial charge in [0.2, 0.25) is 0 Å². The van der Waals surface area contributed by atoms with Gasteiger partial charge in [0.25, 0.3) is 0 Å². The summed E-state index contributed by atoms with van der Waals surface area (Å²) in [6.07, 6.45) is 0. The predicted molar refractivity (Wildman–Crippen MR) is 324 cm³/mol. The third-order valence-electron chi connectivity index (χ3n) is 17.1. The summed E-state index contributed by atoms with van der Waals surface area (Å²) in [6.45, 7) is 13.4. The first kappa shape index (κ1) is 47.3. The van der Waals surface area contributed by atoms with Crippen LogP contribution >= 0.6 is 0 Å². The topological polar surface area (TPSA) is 6.48 Å². The fourth-order valence-electron chi connectivity index (χ4n) is 13.1. The van der Waals surface area contributed by atoms with E-state index in [0.29, 0.717) is 11.1 Å². The van der Waals surface area contributed by atoms with Gasteiger partial charge in [-0.15, -0.1) is 0 Å². The molecule has 2 nitrogen and oxygen atoms in total. The second-order valence-corrected chi connectivity index (χ2v) is 22.5. The molecule has 12 aromatic rings. The Bertz CT molecular complexity index is 4140. The average molecular weight is 1010 g/mol. The van der Waals surface area contributed by atoms with Crippen molar-refractivity contribution in [1.29, 1.82) is 0 Å². The van der Waals surface area contributed by atoms with Crippen LogP contribution in [0.25, 0.3) is 76.8 Å². The molecule has 0 fully saturated rings. The van der Waals surface area contributed by atoms with Gasteiger partial charge in [0, 0.05) is 66.6 Å². The highest BCUT2D eigenvalue weighted by molar-refractivity contribution is 6.17. The number of aryl methyl sites for hydroxylation is 2. The second-order valence-electron chi connectivity index (χ2n) is 22.5. The zero-order valence-electron chi connectivity index (χ0n) is 44.6. The zero-order valence-corrected chi connectivity index (χ0v) is 44.6. The monoisotopic (exact) mass is 1010 g/mol. The zero-order chi connectivity index (χ0) is 53.2. The molecule has 0 saturated heterocycles. The maximum Gasteiger partial charge on any atom is 0.131 e. The minimum absolute atomic E-state index is 0.304. The van der Waals surface area contributed by atoms with Gasteiger partial charge in [-0.25, -0.2) is 8.78 Å². The van der Waals surface area contributed by atoms with Gasteiger partial charge in [0.1, 0.15) is 11.6 Å². The van der Waals surface area contributed by atoms with Gasteiger partial charge in [0.15, 0.2) is 0 Å². The molecule has 0 aromatic heterocycles. The molecule has 4 heteroatoms. The smallest absolute Gasteiger partial charge is 0.131 e. The second kappa shape index (κ2) is 17.7. The molecule has 2 aliphatic rings. The van der Waals surface area contributed by atoms with E-state index in [-0.39, 0.29) is 11.6 Å². The van der Waals surface area contributed by atoms with Gasteiger partial charge >= 0.3 is 0 Å². The number of benzene rings is 12. The Morgan fingerprint density at radius 3 is 1.06 bits per heavy atom. The van der Waals surface area contributed by atoms with Crippen LogP contribution in [0.15, 0.2) is 231 Å². The Kier molecular flexibility index (Phi) is 10.8.